The van der Waals surface area contributed by atoms with Crippen LogP contribution in [-0.2, 0) is 4.79 Å². The van der Waals surface area contributed by atoms with Crippen LogP contribution in [0.25, 0.3) is 0 Å². The summed E-state index contributed by atoms with van der Waals surface area (Å²) in [6.45, 7) is 4.87. The standard InChI is InChI=1S/C27H31N3O3/c1-3-4-17-33-25-12-8-11-24(18-25)28-19-26(31)30-23-15-13-22(14-16-23)27(32)29-20(2)21-9-6-5-7-10-21/h5-16,18,20,28H,3-4,17,19H2,1-2H3,(H,29,32)(H,30,31). The van der Waals surface area contributed by atoms with Crippen LogP contribution in [0, 0.1) is 0 Å². The Morgan fingerprint density at radius 3 is 2.39 bits per heavy atom. The molecular formula is C27H31N3O3. The first-order valence-corrected chi connectivity index (χ1v) is 11.3. The SMILES string of the molecule is CCCCOc1cccc(NCC(=O)Nc2ccc(C(=O)NC(C)c3ccccc3)cc2)c1. The zero-order chi connectivity index (χ0) is 23.5. The van der Waals surface area contributed by atoms with E-state index < -0.39 is 0 Å². The van der Waals surface area contributed by atoms with Gasteiger partial charge in [0.1, 0.15) is 5.75 Å². The third-order valence-electron chi connectivity index (χ3n) is 5.13. The number of anilines is 2. The zero-order valence-electron chi connectivity index (χ0n) is 19.1. The zero-order valence-corrected chi connectivity index (χ0v) is 19.1. The summed E-state index contributed by atoms with van der Waals surface area (Å²) in [6.07, 6.45) is 2.09. The molecule has 3 N–H and O–H groups in total. The molecule has 0 saturated carbocycles. The third-order valence-corrected chi connectivity index (χ3v) is 5.13. The number of hydrogen-bond acceptors (Lipinski definition) is 4. The lowest BCUT2D eigenvalue weighted by atomic mass is 10.1. The van der Waals surface area contributed by atoms with Gasteiger partial charge in [0.25, 0.3) is 5.91 Å². The average Bonchev–Trinajstić information content (AvgIpc) is 2.84. The summed E-state index contributed by atoms with van der Waals surface area (Å²) in [5.74, 6) is 0.443. The minimum atomic E-state index is -0.179. The number of carbonyl (C=O) groups is 2. The quantitative estimate of drug-likeness (QED) is 0.345. The highest BCUT2D eigenvalue weighted by molar-refractivity contribution is 5.96. The lowest BCUT2D eigenvalue weighted by Crippen LogP contribution is -2.26. The van der Waals surface area contributed by atoms with Crippen LogP contribution in [0.4, 0.5) is 11.4 Å². The van der Waals surface area contributed by atoms with Crippen molar-refractivity contribution in [2.24, 2.45) is 0 Å². The molecular weight excluding hydrogens is 414 g/mol. The summed E-state index contributed by atoms with van der Waals surface area (Å²) in [5, 5.41) is 8.93. The molecule has 33 heavy (non-hydrogen) atoms. The smallest absolute Gasteiger partial charge is 0.251 e. The molecule has 0 radical (unpaired) electrons. The number of rotatable bonds is 11. The number of ether oxygens (including phenoxy) is 1. The molecule has 3 aromatic rings. The van der Waals surface area contributed by atoms with Crippen LogP contribution >= 0.6 is 0 Å². The minimum Gasteiger partial charge on any atom is -0.494 e. The molecule has 0 aromatic heterocycles. The first-order chi connectivity index (χ1) is 16.0. The maximum Gasteiger partial charge on any atom is 0.251 e. The molecule has 1 unspecified atom stereocenters. The maximum atomic E-state index is 12.5. The molecule has 0 heterocycles. The predicted octanol–water partition coefficient (Wildman–Crippen LogP) is 5.41. The Morgan fingerprint density at radius 2 is 1.67 bits per heavy atom. The van der Waals surface area contributed by atoms with Crippen LogP contribution in [0.2, 0.25) is 0 Å². The summed E-state index contributed by atoms with van der Waals surface area (Å²) in [6, 6.07) is 24.1. The average molecular weight is 446 g/mol. The molecule has 0 spiro atoms. The van der Waals surface area contributed by atoms with Crippen molar-refractivity contribution >= 4 is 23.2 Å². The second-order valence-corrected chi connectivity index (χ2v) is 7.81. The highest BCUT2D eigenvalue weighted by atomic mass is 16.5. The van der Waals surface area contributed by atoms with Gasteiger partial charge in [-0.2, -0.15) is 0 Å². The molecule has 0 aliphatic carbocycles. The lowest BCUT2D eigenvalue weighted by Gasteiger charge is -2.14. The number of amides is 2. The summed E-state index contributed by atoms with van der Waals surface area (Å²) in [4.78, 5) is 24.8. The van der Waals surface area contributed by atoms with Gasteiger partial charge in [-0.15, -0.1) is 0 Å². The second-order valence-electron chi connectivity index (χ2n) is 7.81. The van der Waals surface area contributed by atoms with Gasteiger partial charge in [0.15, 0.2) is 0 Å². The van der Waals surface area contributed by atoms with E-state index in [1.54, 1.807) is 24.3 Å². The van der Waals surface area contributed by atoms with E-state index in [2.05, 4.69) is 22.9 Å². The van der Waals surface area contributed by atoms with E-state index >= 15 is 0 Å². The number of unbranched alkanes of at least 4 members (excludes halogenated alkanes) is 1. The fourth-order valence-electron chi connectivity index (χ4n) is 3.23. The Morgan fingerprint density at radius 1 is 0.909 bits per heavy atom. The van der Waals surface area contributed by atoms with E-state index in [1.165, 1.54) is 0 Å². The molecule has 0 bridgehead atoms. The lowest BCUT2D eigenvalue weighted by molar-refractivity contribution is -0.114. The number of carbonyl (C=O) groups excluding carboxylic acids is 2. The van der Waals surface area contributed by atoms with Crippen molar-refractivity contribution in [2.75, 3.05) is 23.8 Å². The predicted molar refractivity (Wildman–Crippen MR) is 133 cm³/mol. The molecule has 0 fully saturated rings. The fraction of sp³-hybridized carbons (Fsp3) is 0.259. The monoisotopic (exact) mass is 445 g/mol. The van der Waals surface area contributed by atoms with Gasteiger partial charge in [-0.05, 0) is 55.3 Å². The van der Waals surface area contributed by atoms with Crippen molar-refractivity contribution in [3.8, 4) is 5.75 Å². The summed E-state index contributed by atoms with van der Waals surface area (Å²) >= 11 is 0. The van der Waals surface area contributed by atoms with Crippen LogP contribution in [0.5, 0.6) is 5.75 Å². The molecule has 6 nitrogen and oxygen atoms in total. The highest BCUT2D eigenvalue weighted by Gasteiger charge is 2.11. The normalized spacial score (nSPS) is 11.3. The van der Waals surface area contributed by atoms with Crippen molar-refractivity contribution in [3.63, 3.8) is 0 Å². The van der Waals surface area contributed by atoms with Crippen LogP contribution in [0.15, 0.2) is 78.9 Å². The topological polar surface area (TPSA) is 79.5 Å². The van der Waals surface area contributed by atoms with Crippen LogP contribution in [-0.4, -0.2) is 25.0 Å². The minimum absolute atomic E-state index is 0.0975. The van der Waals surface area contributed by atoms with Gasteiger partial charge in [-0.1, -0.05) is 49.7 Å². The number of benzene rings is 3. The molecule has 6 heteroatoms. The third kappa shape index (κ3) is 7.68. The van der Waals surface area contributed by atoms with Gasteiger partial charge >= 0.3 is 0 Å². The summed E-state index contributed by atoms with van der Waals surface area (Å²) in [5.41, 5.74) is 3.03. The molecule has 0 aliphatic heterocycles. The largest absolute Gasteiger partial charge is 0.494 e. The van der Waals surface area contributed by atoms with Crippen molar-refractivity contribution in [1.82, 2.24) is 5.32 Å². The molecule has 0 saturated heterocycles. The molecule has 172 valence electrons. The molecule has 0 aliphatic rings. The Hall–Kier alpha value is -3.80. The molecule has 1 atom stereocenters. The second kappa shape index (κ2) is 12.3. The van der Waals surface area contributed by atoms with E-state index in [0.29, 0.717) is 17.9 Å². The molecule has 3 aromatic carbocycles. The van der Waals surface area contributed by atoms with Crippen molar-refractivity contribution in [3.05, 3.63) is 90.0 Å². The van der Waals surface area contributed by atoms with Crippen molar-refractivity contribution in [1.29, 1.82) is 0 Å². The summed E-state index contributed by atoms with van der Waals surface area (Å²) in [7, 11) is 0. The van der Waals surface area contributed by atoms with Gasteiger partial charge in [0.2, 0.25) is 5.91 Å². The Kier molecular flexibility index (Phi) is 8.88. The van der Waals surface area contributed by atoms with Crippen molar-refractivity contribution < 1.29 is 14.3 Å². The molecule has 3 rings (SSSR count). The van der Waals surface area contributed by atoms with Crippen molar-refractivity contribution in [2.45, 2.75) is 32.7 Å². The van der Waals surface area contributed by atoms with E-state index in [4.69, 9.17) is 4.74 Å². The van der Waals surface area contributed by atoms with Gasteiger partial charge in [0, 0.05) is 23.0 Å². The van der Waals surface area contributed by atoms with Gasteiger partial charge < -0.3 is 20.7 Å². The van der Waals surface area contributed by atoms with Crippen LogP contribution < -0.4 is 20.7 Å². The number of hydrogen-bond donors (Lipinski definition) is 3. The fourth-order valence-corrected chi connectivity index (χ4v) is 3.23. The van der Waals surface area contributed by atoms with E-state index in [0.717, 1.165) is 29.8 Å². The maximum absolute atomic E-state index is 12.5. The Bertz CT molecular complexity index is 1040. The molecule has 2 amide bonds. The van der Waals surface area contributed by atoms with E-state index in [1.807, 2.05) is 61.5 Å². The highest BCUT2D eigenvalue weighted by Crippen LogP contribution is 2.18. The van der Waals surface area contributed by atoms with E-state index in [-0.39, 0.29) is 24.4 Å². The van der Waals surface area contributed by atoms with Gasteiger partial charge in [0.05, 0.1) is 19.2 Å². The van der Waals surface area contributed by atoms with Gasteiger partial charge in [-0.3, -0.25) is 9.59 Å². The van der Waals surface area contributed by atoms with Gasteiger partial charge in [-0.25, -0.2) is 0 Å². The Labute approximate surface area is 195 Å². The van der Waals surface area contributed by atoms with Crippen LogP contribution in [0.3, 0.4) is 0 Å². The number of nitrogens with one attached hydrogen (secondary N) is 3. The Balaban J connectivity index is 1.47. The first kappa shape index (κ1) is 23.9. The van der Waals surface area contributed by atoms with Crippen LogP contribution in [0.1, 0.15) is 48.7 Å². The first-order valence-electron chi connectivity index (χ1n) is 11.3. The van der Waals surface area contributed by atoms with E-state index in [9.17, 15) is 9.59 Å². The summed E-state index contributed by atoms with van der Waals surface area (Å²) < 4.78 is 5.70.